The monoisotopic (exact) mass is 239 g/mol. The lowest BCUT2D eigenvalue weighted by Gasteiger charge is -2.03. The number of rotatable bonds is 6. The van der Waals surface area contributed by atoms with Gasteiger partial charge in [-0.05, 0) is 25.0 Å². The number of hydrogen-bond acceptors (Lipinski definition) is 4. The Morgan fingerprint density at radius 1 is 1.44 bits per heavy atom. The predicted octanol–water partition coefficient (Wildman–Crippen LogP) is 2.69. The fourth-order valence-electron chi connectivity index (χ4n) is 1.22. The third-order valence-corrected chi connectivity index (χ3v) is 3.02. The van der Waals surface area contributed by atoms with Crippen LogP contribution in [0.3, 0.4) is 0 Å². The minimum Gasteiger partial charge on any atom is -0.466 e. The first-order valence-corrected chi connectivity index (χ1v) is 6.47. The molecule has 0 N–H and O–H groups in total. The van der Waals surface area contributed by atoms with Gasteiger partial charge in [-0.25, -0.2) is 0 Å². The summed E-state index contributed by atoms with van der Waals surface area (Å²) in [5.74, 6) is 0.614. The maximum absolute atomic E-state index is 11.1. The number of hydrogen-bond donors (Lipinski definition) is 0. The van der Waals surface area contributed by atoms with Gasteiger partial charge in [0, 0.05) is 23.0 Å². The van der Waals surface area contributed by atoms with Crippen molar-refractivity contribution in [3.05, 3.63) is 24.0 Å². The van der Waals surface area contributed by atoms with Gasteiger partial charge in [0.05, 0.1) is 13.0 Å². The van der Waals surface area contributed by atoms with Crippen molar-refractivity contribution >= 4 is 17.7 Å². The molecule has 0 aromatic carbocycles. The lowest BCUT2D eigenvalue weighted by Crippen LogP contribution is -2.04. The summed E-state index contributed by atoms with van der Waals surface area (Å²) < 4.78 is 4.86. The highest BCUT2D eigenvalue weighted by atomic mass is 32.2. The smallest absolute Gasteiger partial charge is 0.306 e. The number of esters is 1. The first kappa shape index (κ1) is 13.0. The summed E-state index contributed by atoms with van der Waals surface area (Å²) in [4.78, 5) is 16.4. The normalized spacial score (nSPS) is 10.1. The van der Waals surface area contributed by atoms with Gasteiger partial charge in [0.25, 0.3) is 0 Å². The number of thioether (sulfide) groups is 1. The van der Waals surface area contributed by atoms with E-state index >= 15 is 0 Å². The van der Waals surface area contributed by atoms with Crippen molar-refractivity contribution in [1.82, 2.24) is 4.98 Å². The molecule has 0 aliphatic rings. The molecule has 0 bridgehead atoms. The van der Waals surface area contributed by atoms with Crippen LogP contribution in [0.4, 0.5) is 0 Å². The molecule has 16 heavy (non-hydrogen) atoms. The zero-order valence-electron chi connectivity index (χ0n) is 9.73. The second kappa shape index (κ2) is 7.28. The SMILES string of the molecule is CCOC(=O)CCSc1cncc(CC)c1. The maximum atomic E-state index is 11.1. The van der Waals surface area contributed by atoms with Crippen LogP contribution in [0.2, 0.25) is 0 Å². The predicted molar refractivity (Wildman–Crippen MR) is 65.6 cm³/mol. The average Bonchev–Trinajstić information content (AvgIpc) is 2.30. The fraction of sp³-hybridized carbons (Fsp3) is 0.500. The Labute approximate surface area is 101 Å². The highest BCUT2D eigenvalue weighted by Gasteiger charge is 2.02. The quantitative estimate of drug-likeness (QED) is 0.565. The maximum Gasteiger partial charge on any atom is 0.306 e. The second-order valence-corrected chi connectivity index (χ2v) is 4.45. The summed E-state index contributed by atoms with van der Waals surface area (Å²) in [5, 5.41) is 0. The van der Waals surface area contributed by atoms with Crippen LogP contribution in [0.5, 0.6) is 0 Å². The van der Waals surface area contributed by atoms with Gasteiger partial charge in [-0.1, -0.05) is 6.92 Å². The van der Waals surface area contributed by atoms with Crippen molar-refractivity contribution in [2.24, 2.45) is 0 Å². The molecule has 0 amide bonds. The molecule has 0 unspecified atom stereocenters. The molecule has 0 aliphatic carbocycles. The molecule has 0 radical (unpaired) electrons. The fourth-order valence-corrected chi connectivity index (χ4v) is 2.10. The summed E-state index contributed by atoms with van der Waals surface area (Å²) in [5.41, 5.74) is 1.22. The highest BCUT2D eigenvalue weighted by Crippen LogP contribution is 2.19. The summed E-state index contributed by atoms with van der Waals surface area (Å²) in [6, 6.07) is 2.11. The molecule has 1 aromatic rings. The van der Waals surface area contributed by atoms with E-state index < -0.39 is 0 Å². The molecule has 0 saturated carbocycles. The minimum atomic E-state index is -0.130. The van der Waals surface area contributed by atoms with E-state index in [1.165, 1.54) is 5.56 Å². The molecule has 1 aromatic heterocycles. The highest BCUT2D eigenvalue weighted by molar-refractivity contribution is 7.99. The van der Waals surface area contributed by atoms with Crippen molar-refractivity contribution in [2.75, 3.05) is 12.4 Å². The Balaban J connectivity index is 2.34. The molecule has 0 fully saturated rings. The Morgan fingerprint density at radius 2 is 2.25 bits per heavy atom. The van der Waals surface area contributed by atoms with Gasteiger partial charge in [0.2, 0.25) is 0 Å². The molecule has 88 valence electrons. The first-order valence-electron chi connectivity index (χ1n) is 5.48. The van der Waals surface area contributed by atoms with Crippen LogP contribution >= 0.6 is 11.8 Å². The number of aromatic nitrogens is 1. The number of carbonyl (C=O) groups excluding carboxylic acids is 1. The molecule has 3 nitrogen and oxygen atoms in total. The van der Waals surface area contributed by atoms with Gasteiger partial charge in [-0.3, -0.25) is 9.78 Å². The topological polar surface area (TPSA) is 39.2 Å². The van der Waals surface area contributed by atoms with Crippen LogP contribution in [-0.4, -0.2) is 23.3 Å². The largest absolute Gasteiger partial charge is 0.466 e. The van der Waals surface area contributed by atoms with E-state index in [9.17, 15) is 4.79 Å². The Morgan fingerprint density at radius 3 is 2.94 bits per heavy atom. The molecule has 0 spiro atoms. The van der Waals surface area contributed by atoms with E-state index in [2.05, 4.69) is 18.0 Å². The van der Waals surface area contributed by atoms with Crippen LogP contribution in [0.25, 0.3) is 0 Å². The van der Waals surface area contributed by atoms with Crippen molar-refractivity contribution < 1.29 is 9.53 Å². The summed E-state index contributed by atoms with van der Waals surface area (Å²) in [6.45, 7) is 4.38. The van der Waals surface area contributed by atoms with E-state index in [0.717, 1.165) is 17.1 Å². The summed E-state index contributed by atoms with van der Waals surface area (Å²) in [7, 11) is 0. The Hall–Kier alpha value is -1.03. The third kappa shape index (κ3) is 4.66. The van der Waals surface area contributed by atoms with Crippen LogP contribution in [0.15, 0.2) is 23.4 Å². The van der Waals surface area contributed by atoms with Gasteiger partial charge in [-0.2, -0.15) is 0 Å². The number of carbonyl (C=O) groups is 1. The average molecular weight is 239 g/mol. The molecule has 1 heterocycles. The Bertz CT molecular complexity index is 342. The lowest BCUT2D eigenvalue weighted by atomic mass is 10.2. The van der Waals surface area contributed by atoms with Gasteiger partial charge in [0.15, 0.2) is 0 Å². The zero-order chi connectivity index (χ0) is 11.8. The molecule has 0 aliphatic heterocycles. The molecule has 1 rings (SSSR count). The van der Waals surface area contributed by atoms with E-state index in [0.29, 0.717) is 13.0 Å². The number of aryl methyl sites for hydroxylation is 1. The van der Waals surface area contributed by atoms with Gasteiger partial charge in [0.1, 0.15) is 0 Å². The second-order valence-electron chi connectivity index (χ2n) is 3.29. The van der Waals surface area contributed by atoms with Crippen molar-refractivity contribution in [3.63, 3.8) is 0 Å². The van der Waals surface area contributed by atoms with Gasteiger partial charge < -0.3 is 4.74 Å². The lowest BCUT2D eigenvalue weighted by molar-refractivity contribution is -0.142. The minimum absolute atomic E-state index is 0.130. The molecule has 4 heteroatoms. The Kier molecular flexibility index (Phi) is 5.93. The van der Waals surface area contributed by atoms with Crippen LogP contribution in [0.1, 0.15) is 25.8 Å². The number of nitrogens with zero attached hydrogens (tertiary/aromatic N) is 1. The first-order chi connectivity index (χ1) is 7.76. The molecule has 0 atom stereocenters. The van der Waals surface area contributed by atoms with Crippen molar-refractivity contribution in [3.8, 4) is 0 Å². The molecule has 0 saturated heterocycles. The van der Waals surface area contributed by atoms with Crippen LogP contribution in [0, 0.1) is 0 Å². The van der Waals surface area contributed by atoms with E-state index in [-0.39, 0.29) is 5.97 Å². The van der Waals surface area contributed by atoms with Gasteiger partial charge >= 0.3 is 5.97 Å². The number of ether oxygens (including phenoxy) is 1. The molecular formula is C12H17NO2S. The van der Waals surface area contributed by atoms with E-state index in [1.54, 1.807) is 11.8 Å². The van der Waals surface area contributed by atoms with Crippen molar-refractivity contribution in [2.45, 2.75) is 31.6 Å². The van der Waals surface area contributed by atoms with Crippen LogP contribution in [-0.2, 0) is 16.0 Å². The number of pyridine rings is 1. The van der Waals surface area contributed by atoms with Crippen LogP contribution < -0.4 is 0 Å². The van der Waals surface area contributed by atoms with Crippen molar-refractivity contribution in [1.29, 1.82) is 0 Å². The van der Waals surface area contributed by atoms with E-state index in [1.807, 2.05) is 19.3 Å². The van der Waals surface area contributed by atoms with Gasteiger partial charge in [-0.15, -0.1) is 11.8 Å². The third-order valence-electron chi connectivity index (χ3n) is 2.06. The standard InChI is InChI=1S/C12H17NO2S/c1-3-10-7-11(9-13-8-10)16-6-5-12(14)15-4-2/h7-9H,3-6H2,1-2H3. The van der Waals surface area contributed by atoms with E-state index in [4.69, 9.17) is 4.74 Å². The zero-order valence-corrected chi connectivity index (χ0v) is 10.5. The molecular weight excluding hydrogens is 222 g/mol. The summed E-state index contributed by atoms with van der Waals surface area (Å²) in [6.07, 6.45) is 5.14. The summed E-state index contributed by atoms with van der Waals surface area (Å²) >= 11 is 1.64.